The molecule has 206 valence electrons. The van der Waals surface area contributed by atoms with Gasteiger partial charge in [0, 0.05) is 32.9 Å². The van der Waals surface area contributed by atoms with Crippen molar-refractivity contribution in [3.8, 4) is 54.6 Å². The summed E-state index contributed by atoms with van der Waals surface area (Å²) in [5.74, 6) is 0.514. The van der Waals surface area contributed by atoms with Gasteiger partial charge in [0.25, 0.3) is 0 Å². The summed E-state index contributed by atoms with van der Waals surface area (Å²) in [6.45, 7) is 1.37. The van der Waals surface area contributed by atoms with E-state index in [0.717, 1.165) is 49.5 Å². The molecule has 0 aliphatic carbocycles. The third-order valence-electron chi connectivity index (χ3n) is 6.79. The van der Waals surface area contributed by atoms with Gasteiger partial charge >= 0.3 is 6.11 Å². The van der Waals surface area contributed by atoms with Crippen LogP contribution in [-0.2, 0) is 0 Å². The summed E-state index contributed by atoms with van der Waals surface area (Å²) in [7, 11) is 1.61. The van der Waals surface area contributed by atoms with Gasteiger partial charge in [0.05, 0.1) is 18.8 Å². The lowest BCUT2D eigenvalue weighted by atomic mass is 9.97. The number of ether oxygens (including phenoxy) is 2. The SMILES string of the molecule is CCC(F)(F)Oc1ccc(-c2ccc(-c3ccc(-c4ccc(-c5ccc(OC)cc5)cc4F)c4nsnc34)s2)cc1. The van der Waals surface area contributed by atoms with Gasteiger partial charge < -0.3 is 9.47 Å². The zero-order valence-electron chi connectivity index (χ0n) is 22.0. The highest BCUT2D eigenvalue weighted by Gasteiger charge is 2.28. The zero-order valence-corrected chi connectivity index (χ0v) is 23.7. The van der Waals surface area contributed by atoms with Gasteiger partial charge in [-0.3, -0.25) is 0 Å². The van der Waals surface area contributed by atoms with Crippen LogP contribution in [0.3, 0.4) is 0 Å². The first-order valence-corrected chi connectivity index (χ1v) is 14.4. The van der Waals surface area contributed by atoms with Crippen LogP contribution >= 0.6 is 23.1 Å². The second kappa shape index (κ2) is 11.0. The van der Waals surface area contributed by atoms with Crippen LogP contribution in [0.2, 0.25) is 0 Å². The summed E-state index contributed by atoms with van der Waals surface area (Å²) in [4.78, 5) is 1.94. The van der Waals surface area contributed by atoms with E-state index in [1.165, 1.54) is 13.0 Å². The number of rotatable bonds is 8. The number of nitrogens with zero attached hydrogens (tertiary/aromatic N) is 2. The molecule has 0 amide bonds. The Morgan fingerprint density at radius 3 is 1.95 bits per heavy atom. The highest BCUT2D eigenvalue weighted by Crippen LogP contribution is 2.41. The predicted octanol–water partition coefficient (Wildman–Crippen LogP) is 9.95. The minimum Gasteiger partial charge on any atom is -0.497 e. The van der Waals surface area contributed by atoms with Crippen molar-refractivity contribution >= 4 is 34.1 Å². The van der Waals surface area contributed by atoms with E-state index in [-0.39, 0.29) is 11.6 Å². The molecular weight excluding hydrogens is 565 g/mol. The van der Waals surface area contributed by atoms with Crippen LogP contribution in [0.4, 0.5) is 13.2 Å². The maximum Gasteiger partial charge on any atom is 0.397 e. The van der Waals surface area contributed by atoms with Gasteiger partial charge in [-0.1, -0.05) is 43.3 Å². The lowest BCUT2D eigenvalue weighted by molar-refractivity contribution is -0.177. The normalized spacial score (nSPS) is 11.6. The topological polar surface area (TPSA) is 44.2 Å². The summed E-state index contributed by atoms with van der Waals surface area (Å²) >= 11 is 2.64. The molecule has 0 unspecified atom stereocenters. The maximum atomic E-state index is 15.4. The first-order chi connectivity index (χ1) is 19.8. The number of halogens is 3. The van der Waals surface area contributed by atoms with Crippen molar-refractivity contribution in [3.05, 3.63) is 96.8 Å². The first-order valence-electron chi connectivity index (χ1n) is 12.8. The van der Waals surface area contributed by atoms with Crippen molar-refractivity contribution in [3.63, 3.8) is 0 Å². The molecule has 0 bridgehead atoms. The molecule has 2 aromatic heterocycles. The molecule has 0 N–H and O–H groups in total. The van der Waals surface area contributed by atoms with Gasteiger partial charge in [0.15, 0.2) is 0 Å². The molecule has 6 rings (SSSR count). The van der Waals surface area contributed by atoms with E-state index in [1.54, 1.807) is 48.8 Å². The highest BCUT2D eigenvalue weighted by molar-refractivity contribution is 7.19. The molecule has 0 saturated carbocycles. The lowest BCUT2D eigenvalue weighted by Crippen LogP contribution is -2.22. The molecule has 4 nitrogen and oxygen atoms in total. The largest absolute Gasteiger partial charge is 0.497 e. The van der Waals surface area contributed by atoms with Crippen LogP contribution in [-0.4, -0.2) is 22.0 Å². The Hall–Kier alpha value is -4.21. The van der Waals surface area contributed by atoms with E-state index >= 15 is 4.39 Å². The molecule has 4 aromatic carbocycles. The molecule has 0 spiro atoms. The number of fused-ring (bicyclic) bond motifs is 1. The van der Waals surface area contributed by atoms with Gasteiger partial charge in [0.2, 0.25) is 0 Å². The Morgan fingerprint density at radius 2 is 1.27 bits per heavy atom. The van der Waals surface area contributed by atoms with Crippen LogP contribution in [0.5, 0.6) is 11.5 Å². The standard InChI is InChI=1S/C32H23F3N2O2S2/c1-3-32(34,35)39-23-11-6-20(7-12-23)28-16-17-29(40-28)26-15-14-25(30-31(26)37-41-36-30)24-13-8-21(18-27(24)33)19-4-9-22(38-2)10-5-19/h4-18H,3H2,1-2H3. The van der Waals surface area contributed by atoms with Crippen molar-refractivity contribution in [1.29, 1.82) is 0 Å². The minimum absolute atomic E-state index is 0.118. The predicted molar refractivity (Wildman–Crippen MR) is 159 cm³/mol. The third-order valence-corrected chi connectivity index (χ3v) is 8.48. The number of hydrogen-bond acceptors (Lipinski definition) is 6. The third kappa shape index (κ3) is 5.42. The van der Waals surface area contributed by atoms with Crippen LogP contribution in [0.25, 0.3) is 54.2 Å². The number of alkyl halides is 2. The molecule has 0 saturated heterocycles. The second-order valence-corrected chi connectivity index (χ2v) is 10.9. The van der Waals surface area contributed by atoms with Crippen molar-refractivity contribution in [2.45, 2.75) is 19.5 Å². The van der Waals surface area contributed by atoms with Gasteiger partial charge in [-0.05, 0) is 71.3 Å². The molecule has 0 aliphatic heterocycles. The molecular formula is C32H23F3N2O2S2. The second-order valence-electron chi connectivity index (χ2n) is 9.33. The Bertz CT molecular complexity index is 1830. The number of hydrogen-bond donors (Lipinski definition) is 0. The van der Waals surface area contributed by atoms with E-state index in [0.29, 0.717) is 22.2 Å². The molecule has 0 atom stereocenters. The van der Waals surface area contributed by atoms with Gasteiger partial charge in [-0.2, -0.15) is 17.5 Å². The quantitative estimate of drug-likeness (QED) is 0.178. The Labute approximate surface area is 243 Å². The molecule has 2 heterocycles. The fourth-order valence-corrected chi connectivity index (χ4v) is 6.16. The van der Waals surface area contributed by atoms with Gasteiger partial charge in [0.1, 0.15) is 28.3 Å². The van der Waals surface area contributed by atoms with Crippen molar-refractivity contribution in [2.24, 2.45) is 0 Å². The van der Waals surface area contributed by atoms with E-state index < -0.39 is 12.5 Å². The van der Waals surface area contributed by atoms with Crippen LogP contribution in [0.1, 0.15) is 13.3 Å². The van der Waals surface area contributed by atoms with Crippen molar-refractivity contribution in [2.75, 3.05) is 7.11 Å². The average Bonchev–Trinajstić information content (AvgIpc) is 3.68. The molecule has 41 heavy (non-hydrogen) atoms. The number of thiophene rings is 1. The van der Waals surface area contributed by atoms with Crippen molar-refractivity contribution < 1.29 is 22.6 Å². The average molecular weight is 589 g/mol. The number of aromatic nitrogens is 2. The summed E-state index contributed by atoms with van der Waals surface area (Å²) in [6, 6.07) is 27.1. The number of methoxy groups -OCH3 is 1. The number of benzene rings is 4. The van der Waals surface area contributed by atoms with Crippen molar-refractivity contribution in [1.82, 2.24) is 8.75 Å². The van der Waals surface area contributed by atoms with E-state index in [4.69, 9.17) is 9.47 Å². The summed E-state index contributed by atoms with van der Waals surface area (Å²) in [5, 5.41) is 0. The van der Waals surface area contributed by atoms with Gasteiger partial charge in [-0.15, -0.1) is 11.3 Å². The van der Waals surface area contributed by atoms with Crippen LogP contribution < -0.4 is 9.47 Å². The van der Waals surface area contributed by atoms with E-state index in [2.05, 4.69) is 8.75 Å². The minimum atomic E-state index is -3.20. The molecule has 0 fully saturated rings. The fourth-order valence-electron chi connectivity index (χ4n) is 4.55. The maximum absolute atomic E-state index is 15.4. The van der Waals surface area contributed by atoms with E-state index in [9.17, 15) is 8.78 Å². The van der Waals surface area contributed by atoms with Gasteiger partial charge in [-0.25, -0.2) is 4.39 Å². The Balaban J connectivity index is 1.29. The lowest BCUT2D eigenvalue weighted by Gasteiger charge is -2.16. The highest BCUT2D eigenvalue weighted by atomic mass is 32.1. The van der Waals surface area contributed by atoms with Crippen LogP contribution in [0, 0.1) is 5.82 Å². The molecule has 9 heteroatoms. The molecule has 0 radical (unpaired) electrons. The first kappa shape index (κ1) is 27.0. The summed E-state index contributed by atoms with van der Waals surface area (Å²) in [6.07, 6.45) is -3.60. The summed E-state index contributed by atoms with van der Waals surface area (Å²) in [5.41, 5.74) is 5.90. The smallest absolute Gasteiger partial charge is 0.397 e. The monoisotopic (exact) mass is 588 g/mol. The van der Waals surface area contributed by atoms with E-state index in [1.807, 2.05) is 54.6 Å². The summed E-state index contributed by atoms with van der Waals surface area (Å²) < 4.78 is 61.6. The fraction of sp³-hybridized carbons (Fsp3) is 0.125. The Kier molecular flexibility index (Phi) is 7.23. The molecule has 0 aliphatic rings. The zero-order chi connectivity index (χ0) is 28.6. The van der Waals surface area contributed by atoms with Crippen LogP contribution in [0.15, 0.2) is 91.0 Å². The Morgan fingerprint density at radius 1 is 0.683 bits per heavy atom. The molecule has 6 aromatic rings.